The van der Waals surface area contributed by atoms with E-state index in [1.54, 1.807) is 0 Å². The van der Waals surface area contributed by atoms with Crippen LogP contribution in [0.2, 0.25) is 18.1 Å². The number of rotatable bonds is 18. The van der Waals surface area contributed by atoms with Gasteiger partial charge in [-0.1, -0.05) is 102 Å². The third-order valence-corrected chi connectivity index (χ3v) is 17.3. The summed E-state index contributed by atoms with van der Waals surface area (Å²) < 4.78 is 26.8. The lowest BCUT2D eigenvalue weighted by Gasteiger charge is -2.43. The van der Waals surface area contributed by atoms with Crippen LogP contribution in [0.5, 0.6) is 0 Å². The van der Waals surface area contributed by atoms with Crippen LogP contribution in [0.3, 0.4) is 0 Å². The van der Waals surface area contributed by atoms with Gasteiger partial charge in [-0.25, -0.2) is 4.79 Å². The molecule has 0 amide bonds. The van der Waals surface area contributed by atoms with Crippen LogP contribution >= 0.6 is 0 Å². The lowest BCUT2D eigenvalue weighted by atomic mass is 9.80. The lowest BCUT2D eigenvalue weighted by molar-refractivity contribution is -0.196. The van der Waals surface area contributed by atoms with Crippen molar-refractivity contribution in [2.75, 3.05) is 6.61 Å². The molecule has 294 valence electrons. The van der Waals surface area contributed by atoms with Gasteiger partial charge in [0.25, 0.3) is 0 Å². The van der Waals surface area contributed by atoms with Crippen molar-refractivity contribution in [2.24, 2.45) is 17.8 Å². The molecular formula is C45H68O7Si. The molecule has 1 aliphatic heterocycles. The summed E-state index contributed by atoms with van der Waals surface area (Å²) in [5, 5.41) is 9.30. The number of carboxylic acid groups (broad SMARTS) is 1. The van der Waals surface area contributed by atoms with Crippen LogP contribution in [-0.2, 0) is 23.4 Å². The zero-order valence-corrected chi connectivity index (χ0v) is 34.4. The minimum Gasteiger partial charge on any atom is -0.481 e. The van der Waals surface area contributed by atoms with Gasteiger partial charge in [0.05, 0.1) is 11.7 Å². The summed E-state index contributed by atoms with van der Waals surface area (Å²) in [6.45, 7) is 12.5. The van der Waals surface area contributed by atoms with Gasteiger partial charge in [-0.3, -0.25) is 4.79 Å². The summed E-state index contributed by atoms with van der Waals surface area (Å²) in [6, 6.07) is 18.0. The molecule has 1 heterocycles. The molecule has 0 spiro atoms. The molecular weight excluding hydrogens is 681 g/mol. The SMILES string of the molecule is CC(C)(C)[Si](C)(C)OC(CC[C@H]1C(OC2CCCCO2)C[C@H](OC(=O)c2ccc(-c3ccccc3)cc2)[C@@H]1CCCCCCC(=O)O)C1CCCCC1. The quantitative estimate of drug-likeness (QED) is 0.0922. The fourth-order valence-corrected chi connectivity index (χ4v) is 10.1. The van der Waals surface area contributed by atoms with Gasteiger partial charge in [0.1, 0.15) is 6.10 Å². The Hall–Kier alpha value is -2.52. The minimum atomic E-state index is -2.00. The second-order valence-corrected chi connectivity index (χ2v) is 22.4. The van der Waals surface area contributed by atoms with E-state index in [9.17, 15) is 9.59 Å². The Morgan fingerprint density at radius 1 is 0.811 bits per heavy atom. The predicted octanol–water partition coefficient (Wildman–Crippen LogP) is 11.6. The summed E-state index contributed by atoms with van der Waals surface area (Å²) in [7, 11) is -2.00. The monoisotopic (exact) mass is 748 g/mol. The largest absolute Gasteiger partial charge is 0.481 e. The number of unbranched alkanes of at least 4 members (excludes halogenated alkanes) is 3. The Labute approximate surface area is 321 Å². The zero-order valence-electron chi connectivity index (χ0n) is 33.4. The molecule has 0 aromatic heterocycles. The Morgan fingerprint density at radius 3 is 2.13 bits per heavy atom. The highest BCUT2D eigenvalue weighted by Gasteiger charge is 2.47. The van der Waals surface area contributed by atoms with Gasteiger partial charge >= 0.3 is 11.9 Å². The van der Waals surface area contributed by atoms with E-state index in [0.717, 1.165) is 75.5 Å². The van der Waals surface area contributed by atoms with Crippen LogP contribution in [0.1, 0.15) is 140 Å². The standard InChI is InChI=1S/C45H68O7Si/c1-45(2,3)53(4,5)52-39(35-20-12-9-13-21-35)30-29-38-37(22-14-6-7-15-23-42(46)47)41(32-40(38)50-43-24-16-17-31-49-43)51-44(48)36-27-25-34(26-28-36)33-18-10-8-11-19-33/h8,10-11,18-19,25-28,35,37-41,43H,6-7,9,12-17,20-24,29-32H2,1-5H3,(H,46,47)/t37-,38-,39?,40?,41+,43?/m1/s1. The topological polar surface area (TPSA) is 91.3 Å². The van der Waals surface area contributed by atoms with Gasteiger partial charge in [-0.15, -0.1) is 0 Å². The molecule has 1 N–H and O–H groups in total. The number of hydrogen-bond donors (Lipinski definition) is 1. The maximum absolute atomic E-state index is 13.8. The van der Waals surface area contributed by atoms with E-state index in [2.05, 4.69) is 46.0 Å². The fourth-order valence-electron chi connectivity index (χ4n) is 8.69. The van der Waals surface area contributed by atoms with E-state index >= 15 is 0 Å². The summed E-state index contributed by atoms with van der Waals surface area (Å²) in [5.74, 6) is -0.0689. The molecule has 3 aliphatic rings. The first-order chi connectivity index (χ1) is 25.4. The summed E-state index contributed by atoms with van der Waals surface area (Å²) in [4.78, 5) is 25.0. The molecule has 53 heavy (non-hydrogen) atoms. The molecule has 7 nitrogen and oxygen atoms in total. The number of carboxylic acids is 1. The van der Waals surface area contributed by atoms with Crippen LogP contribution in [0, 0.1) is 17.8 Å². The first kappa shape index (κ1) is 41.6. The number of esters is 1. The number of ether oxygens (including phenoxy) is 3. The summed E-state index contributed by atoms with van der Waals surface area (Å²) in [5.41, 5.74) is 2.74. The van der Waals surface area contributed by atoms with Gasteiger partial charge in [0, 0.05) is 31.5 Å². The van der Waals surface area contributed by atoms with Crippen molar-refractivity contribution in [1.82, 2.24) is 0 Å². The minimum absolute atomic E-state index is 0.0618. The Kier molecular flexibility index (Phi) is 15.6. The molecule has 2 aromatic rings. The van der Waals surface area contributed by atoms with Gasteiger partial charge in [-0.05, 0) is 111 Å². The molecule has 2 aliphatic carbocycles. The summed E-state index contributed by atoms with van der Waals surface area (Å²) >= 11 is 0. The first-order valence-corrected chi connectivity index (χ1v) is 23.9. The molecule has 8 heteroatoms. The smallest absolute Gasteiger partial charge is 0.338 e. The number of hydrogen-bond acceptors (Lipinski definition) is 6. The molecule has 0 radical (unpaired) electrons. The van der Waals surface area contributed by atoms with E-state index < -0.39 is 14.3 Å². The van der Waals surface area contributed by atoms with Crippen molar-refractivity contribution in [1.29, 1.82) is 0 Å². The molecule has 2 saturated carbocycles. The van der Waals surface area contributed by atoms with Crippen LogP contribution < -0.4 is 0 Å². The van der Waals surface area contributed by atoms with E-state index in [1.807, 2.05) is 42.5 Å². The molecule has 0 bridgehead atoms. The van der Waals surface area contributed by atoms with Crippen molar-refractivity contribution < 1.29 is 33.3 Å². The normalized spacial score (nSPS) is 24.9. The van der Waals surface area contributed by atoms with Gasteiger partial charge in [0.15, 0.2) is 14.6 Å². The second kappa shape index (κ2) is 19.9. The molecule has 3 unspecified atom stereocenters. The third kappa shape index (κ3) is 12.2. The van der Waals surface area contributed by atoms with Gasteiger partial charge in [0.2, 0.25) is 0 Å². The number of carbonyl (C=O) groups excluding carboxylic acids is 1. The van der Waals surface area contributed by atoms with Crippen molar-refractivity contribution >= 4 is 20.3 Å². The van der Waals surface area contributed by atoms with Crippen LogP contribution in [0.4, 0.5) is 0 Å². The average molecular weight is 749 g/mol. The highest BCUT2D eigenvalue weighted by Crippen LogP contribution is 2.46. The van der Waals surface area contributed by atoms with Crippen LogP contribution in [-0.4, -0.2) is 56.6 Å². The van der Waals surface area contributed by atoms with Crippen LogP contribution in [0.25, 0.3) is 11.1 Å². The molecule has 3 fully saturated rings. The van der Waals surface area contributed by atoms with Gasteiger partial charge in [-0.2, -0.15) is 0 Å². The van der Waals surface area contributed by atoms with Crippen molar-refractivity contribution in [3.05, 3.63) is 60.2 Å². The van der Waals surface area contributed by atoms with Crippen LogP contribution in [0.15, 0.2) is 54.6 Å². The maximum Gasteiger partial charge on any atom is 0.338 e. The van der Waals surface area contributed by atoms with E-state index in [0.29, 0.717) is 24.3 Å². The number of aliphatic carboxylic acids is 1. The zero-order chi connectivity index (χ0) is 37.8. The fraction of sp³-hybridized carbons (Fsp3) is 0.689. The van der Waals surface area contributed by atoms with Gasteiger partial charge < -0.3 is 23.7 Å². The summed E-state index contributed by atoms with van der Waals surface area (Å²) in [6.07, 6.45) is 16.4. The second-order valence-electron chi connectivity index (χ2n) is 17.7. The molecule has 1 saturated heterocycles. The maximum atomic E-state index is 13.8. The lowest BCUT2D eigenvalue weighted by Crippen LogP contribution is -2.46. The average Bonchev–Trinajstić information content (AvgIpc) is 3.46. The van der Waals surface area contributed by atoms with E-state index in [1.165, 1.54) is 32.1 Å². The number of carbonyl (C=O) groups is 2. The van der Waals surface area contributed by atoms with Crippen molar-refractivity contribution in [3.8, 4) is 11.1 Å². The van der Waals surface area contributed by atoms with E-state index in [4.69, 9.17) is 23.7 Å². The highest BCUT2D eigenvalue weighted by molar-refractivity contribution is 6.74. The van der Waals surface area contributed by atoms with E-state index in [-0.39, 0.29) is 53.9 Å². The van der Waals surface area contributed by atoms with Crippen molar-refractivity contribution in [2.45, 2.75) is 173 Å². The number of benzene rings is 2. The highest BCUT2D eigenvalue weighted by atomic mass is 28.4. The predicted molar refractivity (Wildman–Crippen MR) is 214 cm³/mol. The molecule has 6 atom stereocenters. The first-order valence-electron chi connectivity index (χ1n) is 20.9. The Balaban J connectivity index is 1.36. The van der Waals surface area contributed by atoms with Crippen molar-refractivity contribution in [3.63, 3.8) is 0 Å². The molecule has 2 aromatic carbocycles. The Morgan fingerprint density at radius 2 is 1.47 bits per heavy atom. The third-order valence-electron chi connectivity index (χ3n) is 12.8. The Bertz CT molecular complexity index is 1390. The molecule has 5 rings (SSSR count).